The van der Waals surface area contributed by atoms with Gasteiger partial charge in [-0.25, -0.2) is 4.52 Å². The van der Waals surface area contributed by atoms with Gasteiger partial charge >= 0.3 is 0 Å². The van der Waals surface area contributed by atoms with E-state index in [1.807, 2.05) is 12.1 Å². The minimum Gasteiger partial charge on any atom is -0.296 e. The van der Waals surface area contributed by atoms with Crippen molar-refractivity contribution in [2.75, 3.05) is 0 Å². The highest BCUT2D eigenvalue weighted by atomic mass is 35.5. The highest BCUT2D eigenvalue weighted by Gasteiger charge is 2.01. The van der Waals surface area contributed by atoms with Gasteiger partial charge in [-0.05, 0) is 18.2 Å². The molecule has 2 aromatic heterocycles. The third kappa shape index (κ3) is 0.987. The van der Waals surface area contributed by atoms with Crippen molar-refractivity contribution in [3.8, 4) is 0 Å². The van der Waals surface area contributed by atoms with Gasteiger partial charge in [0.1, 0.15) is 10.8 Å². The average Bonchev–Trinajstić information content (AvgIpc) is 2.49. The largest absolute Gasteiger partial charge is 0.296 e. The molecule has 0 saturated carbocycles. The fourth-order valence-electron chi connectivity index (χ4n) is 1.06. The lowest BCUT2D eigenvalue weighted by atomic mass is 10.4. The number of hydrogen-bond donors (Lipinski definition) is 0. The van der Waals surface area contributed by atoms with E-state index in [-0.39, 0.29) is 0 Å². The van der Waals surface area contributed by atoms with E-state index in [1.165, 1.54) is 4.52 Å². The van der Waals surface area contributed by atoms with E-state index in [0.717, 1.165) is 5.52 Å². The van der Waals surface area contributed by atoms with E-state index in [0.29, 0.717) is 17.1 Å². The third-order valence-corrected chi connectivity index (χ3v) is 1.87. The van der Waals surface area contributed by atoms with Gasteiger partial charge in [0.25, 0.3) is 0 Å². The first-order chi connectivity index (χ1) is 5.81. The number of carbonyl (C=O) groups excluding carboxylic acids is 1. The number of halogens is 1. The standard InChI is InChI=1S/C8H5ClN2O/c9-8-3-1-2-7-4-6(5-12)10-11(7)8/h1-5H. The van der Waals surface area contributed by atoms with Crippen LogP contribution in [0.25, 0.3) is 5.52 Å². The van der Waals surface area contributed by atoms with Gasteiger partial charge in [-0.1, -0.05) is 17.7 Å². The molecule has 4 heteroatoms. The van der Waals surface area contributed by atoms with Crippen molar-refractivity contribution in [2.24, 2.45) is 0 Å². The molecule has 0 N–H and O–H groups in total. The van der Waals surface area contributed by atoms with Crippen molar-refractivity contribution in [3.63, 3.8) is 0 Å². The molecule has 2 rings (SSSR count). The molecule has 2 aromatic rings. The first kappa shape index (κ1) is 7.31. The first-order valence-electron chi connectivity index (χ1n) is 3.41. The average molecular weight is 181 g/mol. The summed E-state index contributed by atoms with van der Waals surface area (Å²) < 4.78 is 1.52. The van der Waals surface area contributed by atoms with Gasteiger partial charge < -0.3 is 0 Å². The monoisotopic (exact) mass is 180 g/mol. The molecule has 12 heavy (non-hydrogen) atoms. The third-order valence-electron chi connectivity index (χ3n) is 1.58. The number of fused-ring (bicyclic) bond motifs is 1. The van der Waals surface area contributed by atoms with Crippen molar-refractivity contribution >= 4 is 23.4 Å². The highest BCUT2D eigenvalue weighted by Crippen LogP contribution is 2.12. The van der Waals surface area contributed by atoms with Crippen molar-refractivity contribution in [3.05, 3.63) is 35.1 Å². The molecule has 0 aliphatic rings. The van der Waals surface area contributed by atoms with Crippen molar-refractivity contribution in [2.45, 2.75) is 0 Å². The molecule has 0 radical (unpaired) electrons. The zero-order valence-electron chi connectivity index (χ0n) is 6.07. The topological polar surface area (TPSA) is 34.4 Å². The summed E-state index contributed by atoms with van der Waals surface area (Å²) >= 11 is 5.81. The summed E-state index contributed by atoms with van der Waals surface area (Å²) in [5.41, 5.74) is 1.22. The van der Waals surface area contributed by atoms with Gasteiger partial charge in [0.15, 0.2) is 6.29 Å². The van der Waals surface area contributed by atoms with E-state index in [1.54, 1.807) is 12.1 Å². The van der Waals surface area contributed by atoms with Crippen LogP contribution in [0.4, 0.5) is 0 Å². The Morgan fingerprint density at radius 1 is 1.50 bits per heavy atom. The maximum Gasteiger partial charge on any atom is 0.170 e. The van der Waals surface area contributed by atoms with Crippen LogP contribution in [0.1, 0.15) is 10.5 Å². The number of carbonyl (C=O) groups is 1. The lowest BCUT2D eigenvalue weighted by Crippen LogP contribution is -1.88. The van der Waals surface area contributed by atoms with Crippen LogP contribution in [-0.4, -0.2) is 15.9 Å². The molecule has 0 aromatic carbocycles. The Balaban J connectivity index is 2.82. The Bertz CT molecular complexity index is 436. The van der Waals surface area contributed by atoms with E-state index in [9.17, 15) is 4.79 Å². The maximum atomic E-state index is 10.4. The van der Waals surface area contributed by atoms with E-state index in [2.05, 4.69) is 5.10 Å². The van der Waals surface area contributed by atoms with E-state index < -0.39 is 0 Å². The zero-order valence-corrected chi connectivity index (χ0v) is 6.82. The lowest BCUT2D eigenvalue weighted by molar-refractivity contribution is 0.111. The van der Waals surface area contributed by atoms with Crippen LogP contribution >= 0.6 is 11.6 Å². The van der Waals surface area contributed by atoms with Crippen molar-refractivity contribution in [1.29, 1.82) is 0 Å². The van der Waals surface area contributed by atoms with Gasteiger partial charge in [-0.3, -0.25) is 4.79 Å². The summed E-state index contributed by atoms with van der Waals surface area (Å²) in [6.45, 7) is 0. The smallest absolute Gasteiger partial charge is 0.170 e. The number of pyridine rings is 1. The van der Waals surface area contributed by atoms with Crippen LogP contribution in [0, 0.1) is 0 Å². The highest BCUT2D eigenvalue weighted by molar-refractivity contribution is 6.29. The second-order valence-electron chi connectivity index (χ2n) is 2.37. The van der Waals surface area contributed by atoms with Crippen LogP contribution in [0.5, 0.6) is 0 Å². The molecular formula is C8H5ClN2O. The summed E-state index contributed by atoms with van der Waals surface area (Å²) in [5.74, 6) is 0. The quantitative estimate of drug-likeness (QED) is 0.496. The van der Waals surface area contributed by atoms with Crippen LogP contribution in [0.15, 0.2) is 24.3 Å². The van der Waals surface area contributed by atoms with Crippen LogP contribution < -0.4 is 0 Å². The molecule has 3 nitrogen and oxygen atoms in total. The molecule has 0 aliphatic carbocycles. The normalized spacial score (nSPS) is 10.4. The molecule has 0 bridgehead atoms. The Kier molecular flexibility index (Phi) is 1.59. The Labute approximate surface area is 73.6 Å². The number of rotatable bonds is 1. The number of aldehydes is 1. The maximum absolute atomic E-state index is 10.4. The molecule has 0 amide bonds. The number of hydrogen-bond acceptors (Lipinski definition) is 2. The molecule has 0 atom stereocenters. The van der Waals surface area contributed by atoms with Gasteiger partial charge in [-0.2, -0.15) is 5.10 Å². The fraction of sp³-hybridized carbons (Fsp3) is 0. The Morgan fingerprint density at radius 2 is 2.33 bits per heavy atom. The molecule has 60 valence electrons. The Hall–Kier alpha value is -1.35. The number of aromatic nitrogens is 2. The fourth-order valence-corrected chi connectivity index (χ4v) is 1.27. The molecule has 0 spiro atoms. The summed E-state index contributed by atoms with van der Waals surface area (Å²) in [5, 5.41) is 4.45. The molecule has 2 heterocycles. The molecule has 0 saturated heterocycles. The summed E-state index contributed by atoms with van der Waals surface area (Å²) in [7, 11) is 0. The van der Waals surface area contributed by atoms with Crippen molar-refractivity contribution in [1.82, 2.24) is 9.61 Å². The lowest BCUT2D eigenvalue weighted by Gasteiger charge is -1.93. The molecule has 0 unspecified atom stereocenters. The minimum atomic E-state index is 0.392. The number of nitrogens with zero attached hydrogens (tertiary/aromatic N) is 2. The van der Waals surface area contributed by atoms with Gasteiger partial charge in [0.05, 0.1) is 5.52 Å². The molecular weight excluding hydrogens is 176 g/mol. The van der Waals surface area contributed by atoms with Crippen LogP contribution in [-0.2, 0) is 0 Å². The Morgan fingerprint density at radius 3 is 3.00 bits per heavy atom. The van der Waals surface area contributed by atoms with Gasteiger partial charge in [0, 0.05) is 0 Å². The predicted molar refractivity (Wildman–Crippen MR) is 45.6 cm³/mol. The molecule has 0 aliphatic heterocycles. The van der Waals surface area contributed by atoms with Crippen LogP contribution in [0.3, 0.4) is 0 Å². The van der Waals surface area contributed by atoms with E-state index >= 15 is 0 Å². The second-order valence-corrected chi connectivity index (χ2v) is 2.76. The first-order valence-corrected chi connectivity index (χ1v) is 3.78. The second kappa shape index (κ2) is 2.60. The molecule has 0 fully saturated rings. The summed E-state index contributed by atoms with van der Waals surface area (Å²) in [6.07, 6.45) is 0.698. The zero-order chi connectivity index (χ0) is 8.55. The van der Waals surface area contributed by atoms with E-state index in [4.69, 9.17) is 11.6 Å². The van der Waals surface area contributed by atoms with Gasteiger partial charge in [-0.15, -0.1) is 0 Å². The SMILES string of the molecule is O=Cc1cc2cccc(Cl)n2n1. The predicted octanol–water partition coefficient (Wildman–Crippen LogP) is 1.80. The van der Waals surface area contributed by atoms with Gasteiger partial charge in [0.2, 0.25) is 0 Å². The summed E-state index contributed by atoms with van der Waals surface area (Å²) in [6, 6.07) is 7.05. The summed E-state index contributed by atoms with van der Waals surface area (Å²) in [4.78, 5) is 10.4. The minimum absolute atomic E-state index is 0.392. The van der Waals surface area contributed by atoms with Crippen LogP contribution in [0.2, 0.25) is 5.15 Å². The van der Waals surface area contributed by atoms with Crippen molar-refractivity contribution < 1.29 is 4.79 Å².